The molecule has 122 valence electrons. The van der Waals surface area contributed by atoms with Crippen molar-refractivity contribution in [3.63, 3.8) is 0 Å². The van der Waals surface area contributed by atoms with E-state index in [0.29, 0.717) is 17.0 Å². The van der Waals surface area contributed by atoms with Crippen LogP contribution in [0.4, 0.5) is 8.78 Å². The first kappa shape index (κ1) is 14.8. The molecule has 0 radical (unpaired) electrons. The molecule has 0 unspecified atom stereocenters. The molecule has 0 saturated carbocycles. The van der Waals surface area contributed by atoms with Gasteiger partial charge in [-0.3, -0.25) is 0 Å². The summed E-state index contributed by atoms with van der Waals surface area (Å²) in [6.07, 6.45) is 3.62. The Morgan fingerprint density at radius 3 is 2.88 bits per heavy atom. The van der Waals surface area contributed by atoms with Gasteiger partial charge in [0.2, 0.25) is 0 Å². The van der Waals surface area contributed by atoms with Gasteiger partial charge in [0, 0.05) is 11.5 Å². The molecule has 1 N–H and O–H groups in total. The molecule has 2 aromatic heterocycles. The van der Waals surface area contributed by atoms with Gasteiger partial charge in [0.25, 0.3) is 0 Å². The second-order valence-electron chi connectivity index (χ2n) is 5.83. The molecule has 1 aliphatic heterocycles. The Hall–Kier alpha value is -2.74. The Labute approximate surface area is 135 Å². The van der Waals surface area contributed by atoms with Crippen LogP contribution < -0.4 is 0 Å². The van der Waals surface area contributed by atoms with Crippen molar-refractivity contribution in [3.8, 4) is 11.4 Å². The van der Waals surface area contributed by atoms with Gasteiger partial charge in [-0.05, 0) is 17.7 Å². The maximum absolute atomic E-state index is 14.1. The fourth-order valence-corrected chi connectivity index (χ4v) is 3.22. The molecule has 3 heterocycles. The summed E-state index contributed by atoms with van der Waals surface area (Å²) in [7, 11) is 0. The summed E-state index contributed by atoms with van der Waals surface area (Å²) in [6.45, 7) is 1.73. The lowest BCUT2D eigenvalue weighted by Gasteiger charge is -2.38. The number of aromatic nitrogens is 5. The Morgan fingerprint density at radius 2 is 2.08 bits per heavy atom. The summed E-state index contributed by atoms with van der Waals surface area (Å²) in [4.78, 5) is 11.7. The number of hydrogen-bond donors (Lipinski definition) is 1. The first-order valence-electron chi connectivity index (χ1n) is 7.36. The minimum atomic E-state index is -1.51. The van der Waals surface area contributed by atoms with E-state index >= 15 is 0 Å². The summed E-state index contributed by atoms with van der Waals surface area (Å²) in [5, 5.41) is 15.5. The lowest BCUT2D eigenvalue weighted by Crippen LogP contribution is -2.41. The zero-order valence-electron chi connectivity index (χ0n) is 12.7. The van der Waals surface area contributed by atoms with Gasteiger partial charge in [-0.2, -0.15) is 5.10 Å². The van der Waals surface area contributed by atoms with Gasteiger partial charge in [-0.1, -0.05) is 13.0 Å². The van der Waals surface area contributed by atoms with Gasteiger partial charge in [-0.25, -0.2) is 28.4 Å². The maximum Gasteiger partial charge on any atom is 0.163 e. The molecule has 0 saturated heterocycles. The number of hydrogen-bond acceptors (Lipinski definition) is 5. The van der Waals surface area contributed by atoms with Crippen LogP contribution >= 0.6 is 0 Å². The molecular weight excluding hydrogens is 316 g/mol. The summed E-state index contributed by atoms with van der Waals surface area (Å²) in [6, 6.07) is 4.06. The van der Waals surface area contributed by atoms with Crippen molar-refractivity contribution in [2.75, 3.05) is 0 Å². The largest absolute Gasteiger partial charge is 0.382 e. The topological polar surface area (TPSA) is 76.7 Å². The van der Waals surface area contributed by atoms with Crippen LogP contribution in [0, 0.1) is 11.6 Å². The van der Waals surface area contributed by atoms with Crippen molar-refractivity contribution < 1.29 is 13.9 Å². The van der Waals surface area contributed by atoms with Crippen LogP contribution in [0.3, 0.4) is 0 Å². The van der Waals surface area contributed by atoms with Gasteiger partial charge in [0.05, 0.1) is 18.4 Å². The number of halogens is 2. The van der Waals surface area contributed by atoms with Gasteiger partial charge >= 0.3 is 0 Å². The molecular formula is C16H13F2N5O. The van der Waals surface area contributed by atoms with E-state index in [0.717, 1.165) is 6.20 Å². The lowest BCUT2D eigenvalue weighted by molar-refractivity contribution is -0.0124. The van der Waals surface area contributed by atoms with Gasteiger partial charge in [0.1, 0.15) is 24.1 Å². The monoisotopic (exact) mass is 329 g/mol. The molecule has 0 bridgehead atoms. The Kier molecular flexibility index (Phi) is 3.17. The fourth-order valence-electron chi connectivity index (χ4n) is 3.22. The number of benzene rings is 1. The number of rotatable bonds is 2. The third-order valence-electron chi connectivity index (χ3n) is 4.52. The Morgan fingerprint density at radius 1 is 1.25 bits per heavy atom. The fraction of sp³-hybridized carbons (Fsp3) is 0.250. The molecule has 4 rings (SSSR count). The van der Waals surface area contributed by atoms with Gasteiger partial charge in [-0.15, -0.1) is 0 Å². The van der Waals surface area contributed by atoms with E-state index in [1.165, 1.54) is 35.5 Å². The van der Waals surface area contributed by atoms with E-state index in [4.69, 9.17) is 0 Å². The predicted molar refractivity (Wildman–Crippen MR) is 79.7 cm³/mol. The molecule has 6 nitrogen and oxygen atoms in total. The third kappa shape index (κ3) is 2.03. The molecule has 2 atom stereocenters. The summed E-state index contributed by atoms with van der Waals surface area (Å²) >= 11 is 0. The number of fused-ring (bicyclic) bond motifs is 3. The van der Waals surface area contributed by atoms with Crippen LogP contribution in [0.15, 0.2) is 37.1 Å². The lowest BCUT2D eigenvalue weighted by atomic mass is 9.76. The summed E-state index contributed by atoms with van der Waals surface area (Å²) < 4.78 is 29.3. The SMILES string of the molecule is C[C@H](c1ncncc1F)[C@@]1(O)Cn2ncnc2-c2cc(F)ccc21. The first-order valence-corrected chi connectivity index (χ1v) is 7.36. The van der Waals surface area contributed by atoms with Crippen LogP contribution in [0.5, 0.6) is 0 Å². The minimum Gasteiger partial charge on any atom is -0.382 e. The second-order valence-corrected chi connectivity index (χ2v) is 5.83. The van der Waals surface area contributed by atoms with E-state index in [-0.39, 0.29) is 12.2 Å². The maximum atomic E-state index is 14.1. The molecule has 0 spiro atoms. The van der Waals surface area contributed by atoms with Crippen molar-refractivity contribution in [1.82, 2.24) is 24.7 Å². The van der Waals surface area contributed by atoms with Crippen molar-refractivity contribution in [1.29, 1.82) is 0 Å². The Balaban J connectivity index is 1.92. The molecule has 0 aliphatic carbocycles. The second kappa shape index (κ2) is 5.13. The van der Waals surface area contributed by atoms with E-state index in [1.54, 1.807) is 6.92 Å². The molecule has 1 aliphatic rings. The van der Waals surface area contributed by atoms with Crippen LogP contribution in [-0.4, -0.2) is 29.8 Å². The van der Waals surface area contributed by atoms with Crippen LogP contribution in [0.2, 0.25) is 0 Å². The smallest absolute Gasteiger partial charge is 0.163 e. The van der Waals surface area contributed by atoms with Gasteiger partial charge < -0.3 is 5.11 Å². The predicted octanol–water partition coefficient (Wildman–Crippen LogP) is 2.02. The minimum absolute atomic E-state index is 0.0611. The van der Waals surface area contributed by atoms with Crippen molar-refractivity contribution >= 4 is 0 Å². The normalized spacial score (nSPS) is 20.3. The van der Waals surface area contributed by atoms with Crippen LogP contribution in [-0.2, 0) is 12.1 Å². The average Bonchev–Trinajstić information content (AvgIpc) is 3.02. The standard InChI is InChI=1S/C16H13F2N5O/c1-9(14-13(18)5-19-7-20-14)16(24)6-23-15(21-8-22-23)11-4-10(17)2-3-12(11)16/h2-5,7-9,24H,6H2,1H3/t9-,16+/m1/s1. The molecule has 0 amide bonds. The highest BCUT2D eigenvalue weighted by Gasteiger charge is 2.44. The van der Waals surface area contributed by atoms with E-state index in [2.05, 4.69) is 20.1 Å². The molecule has 1 aromatic carbocycles. The third-order valence-corrected chi connectivity index (χ3v) is 4.52. The molecule has 3 aromatic rings. The summed E-state index contributed by atoms with van der Waals surface area (Å²) in [5.41, 5.74) is -0.525. The summed E-state index contributed by atoms with van der Waals surface area (Å²) in [5.74, 6) is -1.30. The Bertz CT molecular complexity index is 928. The highest BCUT2D eigenvalue weighted by molar-refractivity contribution is 5.64. The highest BCUT2D eigenvalue weighted by Crippen LogP contribution is 2.45. The van der Waals surface area contributed by atoms with Crippen molar-refractivity contribution in [2.24, 2.45) is 0 Å². The van der Waals surface area contributed by atoms with Crippen LogP contribution in [0.25, 0.3) is 11.4 Å². The highest BCUT2D eigenvalue weighted by atomic mass is 19.1. The first-order chi connectivity index (χ1) is 11.5. The molecule has 8 heteroatoms. The zero-order valence-corrected chi connectivity index (χ0v) is 12.7. The molecule has 0 fully saturated rings. The average molecular weight is 329 g/mol. The van der Waals surface area contributed by atoms with E-state index in [1.807, 2.05) is 0 Å². The zero-order chi connectivity index (χ0) is 16.9. The molecule has 24 heavy (non-hydrogen) atoms. The van der Waals surface area contributed by atoms with Crippen molar-refractivity contribution in [2.45, 2.75) is 25.0 Å². The van der Waals surface area contributed by atoms with E-state index < -0.39 is 23.2 Å². The number of aliphatic hydroxyl groups is 1. The number of nitrogens with zero attached hydrogens (tertiary/aromatic N) is 5. The van der Waals surface area contributed by atoms with E-state index in [9.17, 15) is 13.9 Å². The van der Waals surface area contributed by atoms with Gasteiger partial charge in [0.15, 0.2) is 11.6 Å². The van der Waals surface area contributed by atoms with Crippen LogP contribution in [0.1, 0.15) is 24.1 Å². The quantitative estimate of drug-likeness (QED) is 0.778. The van der Waals surface area contributed by atoms with Crippen molar-refractivity contribution in [3.05, 3.63) is 59.9 Å².